The third kappa shape index (κ3) is 4.16. The molecule has 0 aliphatic rings. The second-order valence-electron chi connectivity index (χ2n) is 9.71. The molecule has 0 atom stereocenters. The Morgan fingerprint density at radius 1 is 0.525 bits per heavy atom. The SMILES string of the molecule is OB(O)c1cccc2c1c1ccccc1n2-c1ccc(-c2cc(-c3ccccc3)nc(-c3ccccc3)n2)cc1. The molecule has 0 aliphatic heterocycles. The minimum absolute atomic E-state index is 0.493. The van der Waals surface area contributed by atoms with Gasteiger partial charge in [0.05, 0.1) is 22.4 Å². The fourth-order valence-corrected chi connectivity index (χ4v) is 5.39. The Labute approximate surface area is 231 Å². The lowest BCUT2D eigenvalue weighted by Crippen LogP contribution is -2.30. The van der Waals surface area contributed by atoms with Gasteiger partial charge < -0.3 is 14.6 Å². The monoisotopic (exact) mass is 517 g/mol. The lowest BCUT2D eigenvalue weighted by atomic mass is 9.77. The van der Waals surface area contributed by atoms with Crippen molar-refractivity contribution in [3.63, 3.8) is 0 Å². The van der Waals surface area contributed by atoms with E-state index in [1.807, 2.05) is 84.9 Å². The first-order chi connectivity index (χ1) is 19.7. The summed E-state index contributed by atoms with van der Waals surface area (Å²) in [5.41, 5.74) is 8.06. The van der Waals surface area contributed by atoms with E-state index in [2.05, 4.69) is 47.0 Å². The van der Waals surface area contributed by atoms with Crippen molar-refractivity contribution in [2.24, 2.45) is 0 Å². The number of nitrogens with zero attached hydrogens (tertiary/aromatic N) is 3. The van der Waals surface area contributed by atoms with Crippen LogP contribution in [0.15, 0.2) is 133 Å². The molecule has 0 spiro atoms. The maximum absolute atomic E-state index is 10.1. The molecule has 0 radical (unpaired) electrons. The fraction of sp³-hybridized carbons (Fsp3) is 0. The predicted molar refractivity (Wildman–Crippen MR) is 163 cm³/mol. The van der Waals surface area contributed by atoms with Gasteiger partial charge >= 0.3 is 7.12 Å². The van der Waals surface area contributed by atoms with Crippen LogP contribution in [0, 0.1) is 0 Å². The van der Waals surface area contributed by atoms with Crippen molar-refractivity contribution in [2.75, 3.05) is 0 Å². The van der Waals surface area contributed by atoms with Crippen LogP contribution >= 0.6 is 0 Å². The van der Waals surface area contributed by atoms with E-state index in [0.717, 1.165) is 55.6 Å². The average molecular weight is 517 g/mol. The molecule has 190 valence electrons. The van der Waals surface area contributed by atoms with Gasteiger partial charge in [-0.25, -0.2) is 9.97 Å². The van der Waals surface area contributed by atoms with Crippen molar-refractivity contribution in [3.8, 4) is 39.6 Å². The highest BCUT2D eigenvalue weighted by atomic mass is 16.4. The Kier molecular flexibility index (Phi) is 5.97. The van der Waals surface area contributed by atoms with E-state index in [-0.39, 0.29) is 0 Å². The quantitative estimate of drug-likeness (QED) is 0.265. The van der Waals surface area contributed by atoms with Crippen molar-refractivity contribution < 1.29 is 10.0 Å². The average Bonchev–Trinajstić information content (AvgIpc) is 3.36. The third-order valence-electron chi connectivity index (χ3n) is 7.26. The molecule has 2 N–H and O–H groups in total. The zero-order chi connectivity index (χ0) is 27.1. The second kappa shape index (κ2) is 9.93. The van der Waals surface area contributed by atoms with Crippen LogP contribution in [0.5, 0.6) is 0 Å². The van der Waals surface area contributed by atoms with Crippen LogP contribution in [0.25, 0.3) is 61.4 Å². The Hall–Kier alpha value is -5.04. The van der Waals surface area contributed by atoms with E-state index in [1.165, 1.54) is 0 Å². The van der Waals surface area contributed by atoms with Crippen LogP contribution in [0.3, 0.4) is 0 Å². The van der Waals surface area contributed by atoms with E-state index in [1.54, 1.807) is 6.07 Å². The molecule has 0 saturated carbocycles. The van der Waals surface area contributed by atoms with Gasteiger partial charge in [0.2, 0.25) is 0 Å². The van der Waals surface area contributed by atoms with Crippen LogP contribution < -0.4 is 5.46 Å². The van der Waals surface area contributed by atoms with Gasteiger partial charge in [-0.2, -0.15) is 0 Å². The van der Waals surface area contributed by atoms with Gasteiger partial charge in [-0.1, -0.05) is 103 Å². The van der Waals surface area contributed by atoms with Crippen LogP contribution in [0.4, 0.5) is 0 Å². The maximum Gasteiger partial charge on any atom is 0.489 e. The first-order valence-corrected chi connectivity index (χ1v) is 13.2. The molecule has 2 heterocycles. The molecule has 2 aromatic heterocycles. The molecule has 40 heavy (non-hydrogen) atoms. The van der Waals surface area contributed by atoms with Crippen LogP contribution in [-0.2, 0) is 0 Å². The van der Waals surface area contributed by atoms with Crippen LogP contribution in [0.2, 0.25) is 0 Å². The molecular weight excluding hydrogens is 493 g/mol. The van der Waals surface area contributed by atoms with Crippen molar-refractivity contribution >= 4 is 34.4 Å². The highest BCUT2D eigenvalue weighted by Gasteiger charge is 2.21. The summed E-state index contributed by atoms with van der Waals surface area (Å²) in [7, 11) is -1.55. The first-order valence-electron chi connectivity index (χ1n) is 13.2. The number of rotatable bonds is 5. The number of fused-ring (bicyclic) bond motifs is 3. The summed E-state index contributed by atoms with van der Waals surface area (Å²) >= 11 is 0. The lowest BCUT2D eigenvalue weighted by molar-refractivity contribution is 0.426. The molecule has 0 amide bonds. The van der Waals surface area contributed by atoms with Crippen molar-refractivity contribution in [1.82, 2.24) is 14.5 Å². The van der Waals surface area contributed by atoms with E-state index in [9.17, 15) is 10.0 Å². The van der Waals surface area contributed by atoms with Gasteiger partial charge in [0, 0.05) is 33.2 Å². The number of aromatic nitrogens is 3. The smallest absolute Gasteiger partial charge is 0.423 e. The van der Waals surface area contributed by atoms with Gasteiger partial charge in [-0.05, 0) is 35.8 Å². The molecular formula is C34H24BN3O2. The van der Waals surface area contributed by atoms with Crippen molar-refractivity contribution in [1.29, 1.82) is 0 Å². The highest BCUT2D eigenvalue weighted by molar-refractivity contribution is 6.63. The molecule has 0 fully saturated rings. The summed E-state index contributed by atoms with van der Waals surface area (Å²) in [5.74, 6) is 0.679. The Bertz CT molecular complexity index is 1910. The normalized spacial score (nSPS) is 11.2. The molecule has 5 aromatic carbocycles. The zero-order valence-electron chi connectivity index (χ0n) is 21.5. The Morgan fingerprint density at radius 2 is 1.10 bits per heavy atom. The van der Waals surface area contributed by atoms with Gasteiger partial charge in [-0.3, -0.25) is 0 Å². The topological polar surface area (TPSA) is 71.2 Å². The second-order valence-corrected chi connectivity index (χ2v) is 9.71. The summed E-state index contributed by atoms with van der Waals surface area (Å²) in [6, 6.07) is 44.2. The van der Waals surface area contributed by atoms with Crippen LogP contribution in [-0.4, -0.2) is 31.7 Å². The zero-order valence-corrected chi connectivity index (χ0v) is 21.5. The summed E-state index contributed by atoms with van der Waals surface area (Å²) in [6.07, 6.45) is 0. The minimum Gasteiger partial charge on any atom is -0.423 e. The molecule has 0 aliphatic carbocycles. The fourth-order valence-electron chi connectivity index (χ4n) is 5.39. The van der Waals surface area contributed by atoms with Gasteiger partial charge in [-0.15, -0.1) is 0 Å². The van der Waals surface area contributed by atoms with Gasteiger partial charge in [0.1, 0.15) is 0 Å². The Balaban J connectivity index is 1.37. The number of hydrogen-bond donors (Lipinski definition) is 2. The molecule has 0 bridgehead atoms. The predicted octanol–water partition coefficient (Wildman–Crippen LogP) is 6.25. The lowest BCUT2D eigenvalue weighted by Gasteiger charge is -2.11. The Morgan fingerprint density at radius 3 is 1.77 bits per heavy atom. The molecule has 6 heteroatoms. The van der Waals surface area contributed by atoms with Crippen molar-refractivity contribution in [2.45, 2.75) is 0 Å². The number of para-hydroxylation sites is 1. The van der Waals surface area contributed by atoms with Gasteiger partial charge in [0.15, 0.2) is 5.82 Å². The third-order valence-corrected chi connectivity index (χ3v) is 7.26. The maximum atomic E-state index is 10.1. The standard InChI is InChI=1S/C34H24BN3O2/c39-35(40)28-15-9-17-32-33(28)27-14-7-8-16-31(27)38(32)26-20-18-24(19-21-26)30-22-29(23-10-3-1-4-11-23)36-34(37-30)25-12-5-2-6-13-25/h1-22,39-40H. The van der Waals surface area contributed by atoms with E-state index >= 15 is 0 Å². The number of benzene rings is 5. The first kappa shape index (κ1) is 24.0. The summed E-state index contributed by atoms with van der Waals surface area (Å²) in [5, 5.41) is 21.9. The van der Waals surface area contributed by atoms with Crippen molar-refractivity contribution in [3.05, 3.63) is 133 Å². The molecule has 5 nitrogen and oxygen atoms in total. The van der Waals surface area contributed by atoms with E-state index < -0.39 is 7.12 Å². The minimum atomic E-state index is -1.55. The van der Waals surface area contributed by atoms with E-state index in [0.29, 0.717) is 11.3 Å². The molecule has 7 rings (SSSR count). The van der Waals surface area contributed by atoms with E-state index in [4.69, 9.17) is 9.97 Å². The van der Waals surface area contributed by atoms with Crippen LogP contribution in [0.1, 0.15) is 0 Å². The summed E-state index contributed by atoms with van der Waals surface area (Å²) in [4.78, 5) is 9.84. The highest BCUT2D eigenvalue weighted by Crippen LogP contribution is 2.33. The molecule has 0 unspecified atom stereocenters. The number of hydrogen-bond acceptors (Lipinski definition) is 4. The molecule has 7 aromatic rings. The largest absolute Gasteiger partial charge is 0.489 e. The summed E-state index contributed by atoms with van der Waals surface area (Å²) in [6.45, 7) is 0. The molecule has 0 saturated heterocycles. The van der Waals surface area contributed by atoms with Gasteiger partial charge in [0.25, 0.3) is 0 Å². The summed E-state index contributed by atoms with van der Waals surface area (Å²) < 4.78 is 2.16.